The van der Waals surface area contributed by atoms with E-state index in [-0.39, 0.29) is 18.7 Å². The van der Waals surface area contributed by atoms with E-state index in [2.05, 4.69) is 5.32 Å². The van der Waals surface area contributed by atoms with Crippen molar-refractivity contribution in [2.75, 3.05) is 6.61 Å². The lowest BCUT2D eigenvalue weighted by Gasteiger charge is -2.23. The minimum Gasteiger partial charge on any atom is -0.491 e. The van der Waals surface area contributed by atoms with Gasteiger partial charge in [-0.1, -0.05) is 0 Å². The summed E-state index contributed by atoms with van der Waals surface area (Å²) < 4.78 is 10.4. The Morgan fingerprint density at radius 1 is 1.29 bits per heavy atom. The van der Waals surface area contributed by atoms with Crippen molar-refractivity contribution < 1.29 is 29.1 Å². The van der Waals surface area contributed by atoms with Crippen LogP contribution < -0.4 is 10.1 Å². The minimum absolute atomic E-state index is 0.0867. The van der Waals surface area contributed by atoms with Gasteiger partial charge in [0.1, 0.15) is 18.0 Å². The first-order chi connectivity index (χ1) is 11.1. The summed E-state index contributed by atoms with van der Waals surface area (Å²) >= 11 is 0. The fourth-order valence-electron chi connectivity index (χ4n) is 1.70. The van der Waals surface area contributed by atoms with Crippen LogP contribution in [0.25, 0.3) is 0 Å². The number of nitro benzene ring substituents is 1. The van der Waals surface area contributed by atoms with E-state index >= 15 is 0 Å². The number of carbonyl (C=O) groups excluding carboxylic acids is 1. The highest BCUT2D eigenvalue weighted by molar-refractivity contribution is 5.71. The van der Waals surface area contributed by atoms with Crippen LogP contribution in [-0.4, -0.2) is 40.3 Å². The van der Waals surface area contributed by atoms with Crippen LogP contribution in [0, 0.1) is 10.1 Å². The molecule has 0 aliphatic rings. The first kappa shape index (κ1) is 19.2. The molecule has 1 aromatic rings. The van der Waals surface area contributed by atoms with Gasteiger partial charge < -0.3 is 19.9 Å². The highest BCUT2D eigenvalue weighted by Gasteiger charge is 2.22. The average Bonchev–Trinajstić information content (AvgIpc) is 2.42. The maximum atomic E-state index is 11.7. The smallest absolute Gasteiger partial charge is 0.408 e. The van der Waals surface area contributed by atoms with E-state index in [0.717, 1.165) is 0 Å². The molecule has 1 rings (SSSR count). The van der Waals surface area contributed by atoms with E-state index in [9.17, 15) is 19.7 Å². The number of nitrogens with zero attached hydrogens (tertiary/aromatic N) is 1. The van der Waals surface area contributed by atoms with Gasteiger partial charge in [0.15, 0.2) is 0 Å². The summed E-state index contributed by atoms with van der Waals surface area (Å²) in [7, 11) is 0. The van der Waals surface area contributed by atoms with E-state index in [1.54, 1.807) is 20.8 Å². The second-order valence-electron chi connectivity index (χ2n) is 6.00. The molecule has 0 bridgehead atoms. The Labute approximate surface area is 138 Å². The molecule has 1 atom stereocenters. The van der Waals surface area contributed by atoms with Gasteiger partial charge >= 0.3 is 12.1 Å². The second kappa shape index (κ2) is 8.14. The van der Waals surface area contributed by atoms with Gasteiger partial charge in [-0.15, -0.1) is 0 Å². The third-order valence-corrected chi connectivity index (χ3v) is 2.64. The number of hydrogen-bond acceptors (Lipinski definition) is 6. The Balaban J connectivity index is 2.63. The molecule has 132 valence electrons. The third kappa shape index (κ3) is 7.43. The molecule has 0 spiro atoms. The lowest BCUT2D eigenvalue weighted by Crippen LogP contribution is -2.43. The monoisotopic (exact) mass is 340 g/mol. The number of carboxylic acid groups (broad SMARTS) is 1. The molecule has 9 heteroatoms. The van der Waals surface area contributed by atoms with Gasteiger partial charge in [-0.3, -0.25) is 14.9 Å². The predicted molar refractivity (Wildman–Crippen MR) is 84.0 cm³/mol. The zero-order valence-electron chi connectivity index (χ0n) is 13.6. The molecular formula is C15H20N2O7. The van der Waals surface area contributed by atoms with Gasteiger partial charge in [0.25, 0.3) is 5.69 Å². The Morgan fingerprint density at radius 2 is 1.88 bits per heavy atom. The molecule has 24 heavy (non-hydrogen) atoms. The highest BCUT2D eigenvalue weighted by Crippen LogP contribution is 2.17. The molecule has 0 fully saturated rings. The zero-order valence-corrected chi connectivity index (χ0v) is 13.6. The van der Waals surface area contributed by atoms with E-state index in [0.29, 0.717) is 5.75 Å². The molecule has 0 aliphatic carbocycles. The maximum absolute atomic E-state index is 11.7. The van der Waals surface area contributed by atoms with Crippen molar-refractivity contribution in [2.45, 2.75) is 38.8 Å². The summed E-state index contributed by atoms with van der Waals surface area (Å²) in [5, 5.41) is 21.9. The normalized spacial score (nSPS) is 12.1. The topological polar surface area (TPSA) is 128 Å². The molecule has 0 aromatic heterocycles. The molecule has 9 nitrogen and oxygen atoms in total. The molecule has 0 saturated carbocycles. The number of nitrogens with one attached hydrogen (secondary N) is 1. The molecular weight excluding hydrogens is 320 g/mol. The zero-order chi connectivity index (χ0) is 18.3. The lowest BCUT2D eigenvalue weighted by atomic mass is 10.2. The summed E-state index contributed by atoms with van der Waals surface area (Å²) in [4.78, 5) is 32.6. The van der Waals surface area contributed by atoms with Crippen molar-refractivity contribution in [1.29, 1.82) is 0 Å². The van der Waals surface area contributed by atoms with Crippen LogP contribution in [0.2, 0.25) is 0 Å². The number of nitro groups is 1. The van der Waals surface area contributed by atoms with Crippen LogP contribution in [-0.2, 0) is 9.53 Å². The Kier molecular flexibility index (Phi) is 6.51. The first-order valence-electron chi connectivity index (χ1n) is 7.15. The van der Waals surface area contributed by atoms with Gasteiger partial charge in [0.05, 0.1) is 17.4 Å². The highest BCUT2D eigenvalue weighted by atomic mass is 16.6. The first-order valence-corrected chi connectivity index (χ1v) is 7.15. The standard InChI is InChI=1S/C15H20N2O7/c1-15(2,3)24-14(20)16-10(8-13(18)19)9-23-12-6-4-11(5-7-12)17(21)22/h4-7,10H,8-9H2,1-3H3,(H,16,20)(H,18,19)/t10-/m1/s1. The molecule has 1 aromatic carbocycles. The summed E-state index contributed by atoms with van der Waals surface area (Å²) in [5.41, 5.74) is -0.798. The Morgan fingerprint density at radius 3 is 2.33 bits per heavy atom. The number of alkyl carbamates (subject to hydrolysis) is 1. The fraction of sp³-hybridized carbons (Fsp3) is 0.467. The Bertz CT molecular complexity index is 593. The molecule has 0 heterocycles. The number of amides is 1. The predicted octanol–water partition coefficient (Wildman–Crippen LogP) is 2.34. The molecule has 0 saturated heterocycles. The van der Waals surface area contributed by atoms with Gasteiger partial charge in [-0.05, 0) is 32.9 Å². The second-order valence-corrected chi connectivity index (χ2v) is 6.00. The SMILES string of the molecule is CC(C)(C)OC(=O)N[C@@H](COc1ccc([N+](=O)[O-])cc1)CC(=O)O. The lowest BCUT2D eigenvalue weighted by molar-refractivity contribution is -0.384. The van der Waals surface area contributed by atoms with E-state index in [4.69, 9.17) is 14.6 Å². The van der Waals surface area contributed by atoms with Gasteiger partial charge in [0, 0.05) is 12.1 Å². The fourth-order valence-corrected chi connectivity index (χ4v) is 1.70. The Hall–Kier alpha value is -2.84. The van der Waals surface area contributed by atoms with Crippen LogP contribution in [0.1, 0.15) is 27.2 Å². The van der Waals surface area contributed by atoms with Crippen molar-refractivity contribution in [3.8, 4) is 5.75 Å². The molecule has 0 radical (unpaired) electrons. The number of carbonyl (C=O) groups is 2. The van der Waals surface area contributed by atoms with Crippen molar-refractivity contribution in [1.82, 2.24) is 5.32 Å². The van der Waals surface area contributed by atoms with Crippen LogP contribution in [0.3, 0.4) is 0 Å². The number of aliphatic carboxylic acids is 1. The number of benzene rings is 1. The number of rotatable bonds is 7. The summed E-state index contributed by atoms with van der Waals surface area (Å²) in [6.07, 6.45) is -1.10. The minimum atomic E-state index is -1.11. The van der Waals surface area contributed by atoms with Crippen molar-refractivity contribution in [3.63, 3.8) is 0 Å². The van der Waals surface area contributed by atoms with Crippen LogP contribution in [0.4, 0.5) is 10.5 Å². The van der Waals surface area contributed by atoms with E-state index in [1.165, 1.54) is 24.3 Å². The average molecular weight is 340 g/mol. The number of carboxylic acids is 1. The van der Waals surface area contributed by atoms with E-state index < -0.39 is 28.6 Å². The number of non-ortho nitro benzene ring substituents is 1. The summed E-state index contributed by atoms with van der Waals surface area (Å²) in [5.74, 6) is -0.787. The summed E-state index contributed by atoms with van der Waals surface area (Å²) in [6.45, 7) is 4.94. The third-order valence-electron chi connectivity index (χ3n) is 2.64. The van der Waals surface area contributed by atoms with E-state index in [1.807, 2.05) is 0 Å². The molecule has 1 amide bonds. The number of ether oxygens (including phenoxy) is 2. The van der Waals surface area contributed by atoms with Crippen molar-refractivity contribution in [3.05, 3.63) is 34.4 Å². The van der Waals surface area contributed by atoms with Crippen molar-refractivity contribution in [2.24, 2.45) is 0 Å². The van der Waals surface area contributed by atoms with Crippen LogP contribution in [0.15, 0.2) is 24.3 Å². The van der Waals surface area contributed by atoms with Gasteiger partial charge in [-0.25, -0.2) is 4.79 Å². The van der Waals surface area contributed by atoms with Crippen molar-refractivity contribution >= 4 is 17.7 Å². The maximum Gasteiger partial charge on any atom is 0.408 e. The molecule has 0 aliphatic heterocycles. The summed E-state index contributed by atoms with van der Waals surface area (Å²) in [6, 6.07) is 4.51. The van der Waals surface area contributed by atoms with Gasteiger partial charge in [0.2, 0.25) is 0 Å². The number of hydrogen-bond donors (Lipinski definition) is 2. The van der Waals surface area contributed by atoms with Gasteiger partial charge in [-0.2, -0.15) is 0 Å². The molecule has 2 N–H and O–H groups in total. The largest absolute Gasteiger partial charge is 0.491 e. The van der Waals surface area contributed by atoms with Crippen LogP contribution >= 0.6 is 0 Å². The molecule has 0 unspecified atom stereocenters. The quantitative estimate of drug-likeness (QED) is 0.576. The van der Waals surface area contributed by atoms with Crippen LogP contribution in [0.5, 0.6) is 5.75 Å².